The van der Waals surface area contributed by atoms with Gasteiger partial charge in [-0.25, -0.2) is 4.79 Å². The summed E-state index contributed by atoms with van der Waals surface area (Å²) in [6.07, 6.45) is 4.97. The van der Waals surface area contributed by atoms with Gasteiger partial charge in [-0.05, 0) is 18.1 Å². The number of hydrogen-bond donors (Lipinski definition) is 0. The van der Waals surface area contributed by atoms with Crippen LogP contribution in [0.5, 0.6) is 0 Å². The molecule has 0 atom stereocenters. The van der Waals surface area contributed by atoms with Gasteiger partial charge in [-0.1, -0.05) is 42.5 Å². The van der Waals surface area contributed by atoms with Gasteiger partial charge in [0.25, 0.3) is 0 Å². The fourth-order valence-electron chi connectivity index (χ4n) is 1.14. The minimum atomic E-state index is -0.341. The number of ether oxygens (including phenoxy) is 1. The van der Waals surface area contributed by atoms with E-state index >= 15 is 0 Å². The van der Waals surface area contributed by atoms with E-state index in [1.165, 1.54) is 13.2 Å². The minimum Gasteiger partial charge on any atom is -0.466 e. The van der Waals surface area contributed by atoms with Gasteiger partial charge in [-0.15, -0.1) is 0 Å². The summed E-state index contributed by atoms with van der Waals surface area (Å²) in [5.74, 6) is -0.341. The molecule has 2 heteroatoms. The van der Waals surface area contributed by atoms with Gasteiger partial charge >= 0.3 is 5.97 Å². The summed E-state index contributed by atoms with van der Waals surface area (Å²) < 4.78 is 4.48. The zero-order chi connectivity index (χ0) is 11.1. The second-order valence-corrected chi connectivity index (χ2v) is 3.10. The second-order valence-electron chi connectivity index (χ2n) is 3.10. The molecule has 0 spiro atoms. The summed E-state index contributed by atoms with van der Waals surface area (Å²) >= 11 is 0. The molecule has 0 aromatic heterocycles. The van der Waals surface area contributed by atoms with Crippen LogP contribution in [-0.4, -0.2) is 13.1 Å². The van der Waals surface area contributed by atoms with Gasteiger partial charge in [0, 0.05) is 6.08 Å². The monoisotopic (exact) mass is 202 g/mol. The van der Waals surface area contributed by atoms with Crippen molar-refractivity contribution >= 4 is 11.5 Å². The van der Waals surface area contributed by atoms with E-state index in [-0.39, 0.29) is 5.97 Å². The summed E-state index contributed by atoms with van der Waals surface area (Å²) in [6.45, 7) is 2.00. The fraction of sp³-hybridized carbons (Fsp3) is 0.154. The third kappa shape index (κ3) is 3.81. The van der Waals surface area contributed by atoms with Crippen LogP contribution in [0.25, 0.3) is 5.57 Å². The van der Waals surface area contributed by atoms with Crippen molar-refractivity contribution in [3.05, 3.63) is 54.1 Å². The van der Waals surface area contributed by atoms with Crippen molar-refractivity contribution in [3.63, 3.8) is 0 Å². The minimum absolute atomic E-state index is 0.341. The molecular weight excluding hydrogens is 188 g/mol. The molecule has 1 aromatic rings. The molecule has 2 nitrogen and oxygen atoms in total. The van der Waals surface area contributed by atoms with E-state index in [2.05, 4.69) is 4.74 Å². The molecule has 1 rings (SSSR count). The molecule has 0 N–H and O–H groups in total. The first kappa shape index (κ1) is 11.2. The van der Waals surface area contributed by atoms with Crippen LogP contribution in [0.4, 0.5) is 0 Å². The van der Waals surface area contributed by atoms with Crippen molar-refractivity contribution in [1.82, 2.24) is 0 Å². The Bertz CT molecular complexity index is 375. The van der Waals surface area contributed by atoms with Crippen LogP contribution in [-0.2, 0) is 9.53 Å². The van der Waals surface area contributed by atoms with E-state index in [0.29, 0.717) is 0 Å². The molecule has 0 fully saturated rings. The number of rotatable bonds is 3. The number of esters is 1. The third-order valence-corrected chi connectivity index (χ3v) is 2.01. The SMILES string of the molecule is COC(=O)/C=C/C=C(/C)c1ccccc1. The van der Waals surface area contributed by atoms with Crippen molar-refractivity contribution in [2.24, 2.45) is 0 Å². The van der Waals surface area contributed by atoms with E-state index in [1.807, 2.05) is 43.3 Å². The summed E-state index contributed by atoms with van der Waals surface area (Å²) in [5, 5.41) is 0. The highest BCUT2D eigenvalue weighted by Gasteiger charge is 1.92. The van der Waals surface area contributed by atoms with Crippen LogP contribution < -0.4 is 0 Å². The number of carbonyl (C=O) groups is 1. The van der Waals surface area contributed by atoms with Gasteiger partial charge in [0.1, 0.15) is 0 Å². The van der Waals surface area contributed by atoms with Crippen molar-refractivity contribution in [3.8, 4) is 0 Å². The maximum atomic E-state index is 10.8. The van der Waals surface area contributed by atoms with E-state index in [4.69, 9.17) is 0 Å². The molecule has 0 amide bonds. The summed E-state index contributed by atoms with van der Waals surface area (Å²) in [7, 11) is 1.36. The molecule has 0 bridgehead atoms. The van der Waals surface area contributed by atoms with Gasteiger partial charge in [0.2, 0.25) is 0 Å². The fourth-order valence-corrected chi connectivity index (χ4v) is 1.14. The van der Waals surface area contributed by atoms with Crippen molar-refractivity contribution in [2.75, 3.05) is 7.11 Å². The topological polar surface area (TPSA) is 26.3 Å². The number of benzene rings is 1. The zero-order valence-corrected chi connectivity index (χ0v) is 8.94. The smallest absolute Gasteiger partial charge is 0.330 e. The number of allylic oxidation sites excluding steroid dienone is 3. The van der Waals surface area contributed by atoms with Crippen LogP contribution >= 0.6 is 0 Å². The van der Waals surface area contributed by atoms with E-state index in [1.54, 1.807) is 6.08 Å². The van der Waals surface area contributed by atoms with Gasteiger partial charge in [-0.3, -0.25) is 0 Å². The lowest BCUT2D eigenvalue weighted by Gasteiger charge is -1.98. The highest BCUT2D eigenvalue weighted by Crippen LogP contribution is 2.12. The Labute approximate surface area is 89.9 Å². The number of hydrogen-bond acceptors (Lipinski definition) is 2. The molecule has 0 aliphatic carbocycles. The largest absolute Gasteiger partial charge is 0.466 e. The highest BCUT2D eigenvalue weighted by molar-refractivity contribution is 5.82. The molecule has 0 aliphatic heterocycles. The standard InChI is InChI=1S/C13H14O2/c1-11(7-6-10-13(14)15-2)12-8-4-3-5-9-12/h3-10H,1-2H3/b10-6+,11-7-. The molecule has 0 saturated carbocycles. The van der Waals surface area contributed by atoms with Crippen molar-refractivity contribution in [2.45, 2.75) is 6.92 Å². The Morgan fingerprint density at radius 3 is 2.53 bits per heavy atom. The van der Waals surface area contributed by atoms with Crippen LogP contribution in [0, 0.1) is 0 Å². The van der Waals surface area contributed by atoms with E-state index in [9.17, 15) is 4.79 Å². The maximum Gasteiger partial charge on any atom is 0.330 e. The molecule has 0 aliphatic rings. The van der Waals surface area contributed by atoms with Crippen LogP contribution in [0.15, 0.2) is 48.6 Å². The zero-order valence-electron chi connectivity index (χ0n) is 8.94. The van der Waals surface area contributed by atoms with E-state index in [0.717, 1.165) is 11.1 Å². The normalized spacial score (nSPS) is 11.7. The van der Waals surface area contributed by atoms with Crippen molar-refractivity contribution in [1.29, 1.82) is 0 Å². The highest BCUT2D eigenvalue weighted by atomic mass is 16.5. The molecule has 0 saturated heterocycles. The first-order valence-corrected chi connectivity index (χ1v) is 4.72. The average molecular weight is 202 g/mol. The molecule has 1 aromatic carbocycles. The number of methoxy groups -OCH3 is 1. The summed E-state index contributed by atoms with van der Waals surface area (Å²) in [5.41, 5.74) is 2.25. The molecular formula is C13H14O2. The van der Waals surface area contributed by atoms with Crippen molar-refractivity contribution < 1.29 is 9.53 Å². The lowest BCUT2D eigenvalue weighted by molar-refractivity contribution is -0.134. The Balaban J connectivity index is 2.69. The van der Waals surface area contributed by atoms with Crippen LogP contribution in [0.3, 0.4) is 0 Å². The first-order valence-electron chi connectivity index (χ1n) is 4.72. The van der Waals surface area contributed by atoms with Crippen LogP contribution in [0.2, 0.25) is 0 Å². The number of carbonyl (C=O) groups excluding carboxylic acids is 1. The second kappa shape index (κ2) is 5.81. The predicted molar refractivity (Wildman–Crippen MR) is 61.2 cm³/mol. The lowest BCUT2D eigenvalue weighted by atomic mass is 10.1. The van der Waals surface area contributed by atoms with Gasteiger partial charge in [0.15, 0.2) is 0 Å². The lowest BCUT2D eigenvalue weighted by Crippen LogP contribution is -1.92. The predicted octanol–water partition coefficient (Wildman–Crippen LogP) is 2.82. The molecule has 0 radical (unpaired) electrons. The Morgan fingerprint density at radius 2 is 1.93 bits per heavy atom. The first-order chi connectivity index (χ1) is 7.24. The Hall–Kier alpha value is -1.83. The van der Waals surface area contributed by atoms with Gasteiger partial charge in [-0.2, -0.15) is 0 Å². The summed E-state index contributed by atoms with van der Waals surface area (Å²) in [6, 6.07) is 9.99. The maximum absolute atomic E-state index is 10.8. The van der Waals surface area contributed by atoms with Crippen LogP contribution in [0.1, 0.15) is 12.5 Å². The summed E-state index contributed by atoms with van der Waals surface area (Å²) in [4.78, 5) is 10.8. The van der Waals surface area contributed by atoms with Gasteiger partial charge < -0.3 is 4.74 Å². The van der Waals surface area contributed by atoms with Gasteiger partial charge in [0.05, 0.1) is 7.11 Å². The molecule has 0 unspecified atom stereocenters. The Kier molecular flexibility index (Phi) is 4.35. The molecule has 15 heavy (non-hydrogen) atoms. The molecule has 0 heterocycles. The third-order valence-electron chi connectivity index (χ3n) is 2.01. The molecule has 78 valence electrons. The van der Waals surface area contributed by atoms with E-state index < -0.39 is 0 Å². The average Bonchev–Trinajstić information content (AvgIpc) is 2.29. The quantitative estimate of drug-likeness (QED) is 0.428. The Morgan fingerprint density at radius 1 is 1.27 bits per heavy atom.